The summed E-state index contributed by atoms with van der Waals surface area (Å²) in [7, 11) is 1.73. The average Bonchev–Trinajstić information content (AvgIpc) is 3.01. The summed E-state index contributed by atoms with van der Waals surface area (Å²) < 4.78 is 1.55. The maximum absolute atomic E-state index is 9.46. The number of nitrogens with zero attached hydrogens (tertiary/aromatic N) is 5. The zero-order chi connectivity index (χ0) is 14.6. The van der Waals surface area contributed by atoms with E-state index in [0.717, 1.165) is 6.42 Å². The van der Waals surface area contributed by atoms with Crippen molar-refractivity contribution in [2.45, 2.75) is 25.8 Å². The molecule has 0 aromatic carbocycles. The van der Waals surface area contributed by atoms with Gasteiger partial charge in [-0.2, -0.15) is 20.1 Å². The van der Waals surface area contributed by atoms with Crippen LogP contribution < -0.4 is 10.6 Å². The van der Waals surface area contributed by atoms with Gasteiger partial charge in [-0.25, -0.2) is 4.68 Å². The summed E-state index contributed by atoms with van der Waals surface area (Å²) in [5, 5.41) is 19.6. The van der Waals surface area contributed by atoms with Gasteiger partial charge in [0.25, 0.3) is 5.95 Å². The Morgan fingerprint density at radius 3 is 2.60 bits per heavy atom. The molecule has 8 heteroatoms. The highest BCUT2D eigenvalue weighted by atomic mass is 16.3. The van der Waals surface area contributed by atoms with Crippen LogP contribution in [0.1, 0.15) is 20.3 Å². The maximum atomic E-state index is 9.46. The molecule has 0 aliphatic rings. The Labute approximate surface area is 117 Å². The lowest BCUT2D eigenvalue weighted by Crippen LogP contribution is -2.38. The molecule has 3 N–H and O–H groups in total. The quantitative estimate of drug-likeness (QED) is 0.713. The number of anilines is 2. The fraction of sp³-hybridized carbons (Fsp3) is 0.500. The molecule has 2 aromatic heterocycles. The van der Waals surface area contributed by atoms with Crippen LogP contribution in [0.3, 0.4) is 0 Å². The van der Waals surface area contributed by atoms with Crippen molar-refractivity contribution >= 4 is 11.9 Å². The van der Waals surface area contributed by atoms with Crippen LogP contribution in [-0.4, -0.2) is 49.0 Å². The normalized spacial score (nSPS) is 13.8. The van der Waals surface area contributed by atoms with Crippen LogP contribution >= 0.6 is 0 Å². The van der Waals surface area contributed by atoms with Crippen LogP contribution in [0.25, 0.3) is 5.95 Å². The summed E-state index contributed by atoms with van der Waals surface area (Å²) in [6.45, 7) is 3.88. The van der Waals surface area contributed by atoms with Crippen molar-refractivity contribution < 1.29 is 5.11 Å². The molecule has 1 atom stereocenters. The minimum absolute atomic E-state index is 0.0127. The lowest BCUT2D eigenvalue weighted by molar-refractivity contribution is 0.218. The predicted octanol–water partition coefficient (Wildman–Crippen LogP) is 0.672. The van der Waals surface area contributed by atoms with Crippen molar-refractivity contribution in [1.29, 1.82) is 0 Å². The molecule has 0 spiro atoms. The largest absolute Gasteiger partial charge is 0.394 e. The van der Waals surface area contributed by atoms with Crippen LogP contribution in [0, 0.1) is 0 Å². The Balaban J connectivity index is 2.36. The van der Waals surface area contributed by atoms with Gasteiger partial charge in [0.2, 0.25) is 11.9 Å². The highest BCUT2D eigenvalue weighted by Gasteiger charge is 2.22. The van der Waals surface area contributed by atoms with Crippen molar-refractivity contribution in [2.24, 2.45) is 0 Å². The van der Waals surface area contributed by atoms with Crippen molar-refractivity contribution in [1.82, 2.24) is 24.7 Å². The molecular formula is C12H19N7O. The minimum atomic E-state index is -0.478. The zero-order valence-corrected chi connectivity index (χ0v) is 11.8. The average molecular weight is 277 g/mol. The topological polar surface area (TPSA) is 101 Å². The SMILES string of the molecule is CCC(C)(CO)Nc1nc(NC)nc(-n2cccn2)n1. The summed E-state index contributed by atoms with van der Waals surface area (Å²) in [6.07, 6.45) is 4.14. The van der Waals surface area contributed by atoms with Gasteiger partial charge in [-0.3, -0.25) is 0 Å². The Morgan fingerprint density at radius 2 is 2.05 bits per heavy atom. The molecule has 0 bridgehead atoms. The minimum Gasteiger partial charge on any atom is -0.394 e. The van der Waals surface area contributed by atoms with Gasteiger partial charge in [-0.15, -0.1) is 0 Å². The molecule has 0 saturated heterocycles. The Kier molecular flexibility index (Phi) is 4.14. The van der Waals surface area contributed by atoms with Crippen LogP contribution in [0.5, 0.6) is 0 Å². The van der Waals surface area contributed by atoms with E-state index in [9.17, 15) is 5.11 Å². The number of nitrogens with one attached hydrogen (secondary N) is 2. The van der Waals surface area contributed by atoms with Gasteiger partial charge in [-0.1, -0.05) is 6.92 Å². The number of hydrogen-bond acceptors (Lipinski definition) is 7. The van der Waals surface area contributed by atoms with E-state index >= 15 is 0 Å². The summed E-state index contributed by atoms with van der Waals surface area (Å²) in [4.78, 5) is 12.8. The standard InChI is InChI=1S/C12H19N7O/c1-4-12(2,8-20)18-10-15-9(13-3)16-11(17-10)19-7-5-6-14-19/h5-7,20H,4,8H2,1-3H3,(H2,13,15,16,17,18). The lowest BCUT2D eigenvalue weighted by Gasteiger charge is -2.27. The first-order chi connectivity index (χ1) is 9.60. The number of aliphatic hydroxyl groups excluding tert-OH is 1. The highest BCUT2D eigenvalue weighted by Crippen LogP contribution is 2.16. The third kappa shape index (κ3) is 3.02. The first kappa shape index (κ1) is 14.2. The molecule has 20 heavy (non-hydrogen) atoms. The van der Waals surface area contributed by atoms with Gasteiger partial charge >= 0.3 is 0 Å². The smallest absolute Gasteiger partial charge is 0.257 e. The fourth-order valence-corrected chi connectivity index (χ4v) is 1.53. The second kappa shape index (κ2) is 5.83. The molecule has 0 aliphatic heterocycles. The molecule has 0 amide bonds. The molecule has 2 heterocycles. The predicted molar refractivity (Wildman–Crippen MR) is 75.9 cm³/mol. The Bertz CT molecular complexity index is 551. The second-order valence-corrected chi connectivity index (χ2v) is 4.68. The Hall–Kier alpha value is -2.22. The van der Waals surface area contributed by atoms with E-state index in [0.29, 0.717) is 17.8 Å². The second-order valence-electron chi connectivity index (χ2n) is 4.68. The number of rotatable bonds is 6. The van der Waals surface area contributed by atoms with Gasteiger partial charge in [0.05, 0.1) is 12.1 Å². The van der Waals surface area contributed by atoms with Gasteiger partial charge in [0.1, 0.15) is 0 Å². The van der Waals surface area contributed by atoms with Crippen LogP contribution in [0.4, 0.5) is 11.9 Å². The summed E-state index contributed by atoms with van der Waals surface area (Å²) in [5.41, 5.74) is -0.478. The van der Waals surface area contributed by atoms with E-state index in [2.05, 4.69) is 30.7 Å². The molecule has 8 nitrogen and oxygen atoms in total. The molecule has 0 saturated carbocycles. The third-order valence-corrected chi connectivity index (χ3v) is 3.10. The van der Waals surface area contributed by atoms with Crippen LogP contribution in [0.2, 0.25) is 0 Å². The molecule has 0 radical (unpaired) electrons. The molecular weight excluding hydrogens is 258 g/mol. The summed E-state index contributed by atoms with van der Waals surface area (Å²) in [6, 6.07) is 1.79. The third-order valence-electron chi connectivity index (χ3n) is 3.10. The fourth-order valence-electron chi connectivity index (χ4n) is 1.53. The summed E-state index contributed by atoms with van der Waals surface area (Å²) >= 11 is 0. The monoisotopic (exact) mass is 277 g/mol. The van der Waals surface area contributed by atoms with E-state index in [1.165, 1.54) is 0 Å². The van der Waals surface area contributed by atoms with Gasteiger partial charge in [0, 0.05) is 19.4 Å². The van der Waals surface area contributed by atoms with Crippen molar-refractivity contribution in [3.05, 3.63) is 18.5 Å². The van der Waals surface area contributed by atoms with E-state index in [1.54, 1.807) is 30.2 Å². The number of aliphatic hydroxyl groups is 1. The summed E-state index contributed by atoms with van der Waals surface area (Å²) in [5.74, 6) is 1.24. The van der Waals surface area contributed by atoms with Crippen molar-refractivity contribution in [3.8, 4) is 5.95 Å². The molecule has 2 aromatic rings. The Morgan fingerprint density at radius 1 is 1.30 bits per heavy atom. The van der Waals surface area contributed by atoms with Crippen LogP contribution in [0.15, 0.2) is 18.5 Å². The first-order valence-electron chi connectivity index (χ1n) is 6.43. The number of aromatic nitrogens is 5. The van der Waals surface area contributed by atoms with E-state index < -0.39 is 5.54 Å². The van der Waals surface area contributed by atoms with Crippen LogP contribution in [-0.2, 0) is 0 Å². The van der Waals surface area contributed by atoms with E-state index in [4.69, 9.17) is 0 Å². The van der Waals surface area contributed by atoms with E-state index in [-0.39, 0.29) is 6.61 Å². The maximum Gasteiger partial charge on any atom is 0.257 e. The van der Waals surface area contributed by atoms with Gasteiger partial charge < -0.3 is 15.7 Å². The van der Waals surface area contributed by atoms with Crippen molar-refractivity contribution in [3.63, 3.8) is 0 Å². The molecule has 1 unspecified atom stereocenters. The molecule has 108 valence electrons. The number of hydrogen-bond donors (Lipinski definition) is 3. The first-order valence-corrected chi connectivity index (χ1v) is 6.43. The zero-order valence-electron chi connectivity index (χ0n) is 11.8. The van der Waals surface area contributed by atoms with E-state index in [1.807, 2.05) is 13.8 Å². The van der Waals surface area contributed by atoms with Gasteiger partial charge in [0.15, 0.2) is 0 Å². The molecule has 2 rings (SSSR count). The highest BCUT2D eigenvalue weighted by molar-refractivity contribution is 5.39. The lowest BCUT2D eigenvalue weighted by atomic mass is 10.0. The van der Waals surface area contributed by atoms with Gasteiger partial charge in [-0.05, 0) is 19.4 Å². The van der Waals surface area contributed by atoms with Crippen molar-refractivity contribution in [2.75, 3.05) is 24.3 Å². The molecule has 0 aliphatic carbocycles. The molecule has 0 fully saturated rings.